The van der Waals surface area contributed by atoms with Crippen molar-refractivity contribution in [2.24, 2.45) is 0 Å². The number of benzene rings is 1. The number of imidazole rings is 1. The Labute approximate surface area is 186 Å². The van der Waals surface area contributed by atoms with Gasteiger partial charge in [-0.1, -0.05) is 24.3 Å². The standard InChI is InChI=1S/C23H19F3N6O/c1-14-21(22(33)29-18-8-4-9-19(28-18)31-12-5-13-31)32-20(27-14)11-10-17(30-32)15-6-2-3-7-16(15)23(24,25)26/h2-4,6-11H,5,12-13H2,1H3,(H,28,29,33). The number of fused-ring (bicyclic) bond motifs is 1. The Morgan fingerprint density at radius 3 is 2.52 bits per heavy atom. The van der Waals surface area contributed by atoms with E-state index in [2.05, 4.69) is 25.3 Å². The Hall–Kier alpha value is -3.95. The van der Waals surface area contributed by atoms with Gasteiger partial charge in [-0.25, -0.2) is 14.5 Å². The molecule has 1 N–H and O–H groups in total. The molecule has 0 atom stereocenters. The first kappa shape index (κ1) is 20.9. The van der Waals surface area contributed by atoms with Crippen LogP contribution in [0.4, 0.5) is 24.8 Å². The third-order valence-electron chi connectivity index (χ3n) is 5.53. The van der Waals surface area contributed by atoms with Gasteiger partial charge in [0.2, 0.25) is 0 Å². The van der Waals surface area contributed by atoms with Crippen LogP contribution in [-0.4, -0.2) is 38.6 Å². The van der Waals surface area contributed by atoms with E-state index in [0.717, 1.165) is 31.4 Å². The molecule has 1 aliphatic heterocycles. The number of nitrogens with zero attached hydrogens (tertiary/aromatic N) is 5. The molecule has 5 rings (SSSR count). The quantitative estimate of drug-likeness (QED) is 0.491. The summed E-state index contributed by atoms with van der Waals surface area (Å²) in [5, 5.41) is 7.09. The van der Waals surface area contributed by atoms with Crippen LogP contribution in [0.25, 0.3) is 16.9 Å². The average Bonchev–Trinajstić information content (AvgIpc) is 3.07. The molecule has 1 aromatic carbocycles. The Kier molecular flexibility index (Phi) is 4.99. The average molecular weight is 452 g/mol. The van der Waals surface area contributed by atoms with Crippen LogP contribution in [-0.2, 0) is 6.18 Å². The summed E-state index contributed by atoms with van der Waals surface area (Å²) in [5.41, 5.74) is 0.0980. The molecule has 168 valence electrons. The van der Waals surface area contributed by atoms with Gasteiger partial charge < -0.3 is 10.2 Å². The number of anilines is 2. The highest BCUT2D eigenvalue weighted by Crippen LogP contribution is 2.36. The van der Waals surface area contributed by atoms with Crippen molar-refractivity contribution in [1.82, 2.24) is 19.6 Å². The largest absolute Gasteiger partial charge is 0.417 e. The fourth-order valence-corrected chi connectivity index (χ4v) is 3.79. The van der Waals surface area contributed by atoms with E-state index in [0.29, 0.717) is 17.2 Å². The predicted molar refractivity (Wildman–Crippen MR) is 117 cm³/mol. The van der Waals surface area contributed by atoms with E-state index >= 15 is 0 Å². The number of hydrogen-bond donors (Lipinski definition) is 1. The van der Waals surface area contributed by atoms with E-state index in [9.17, 15) is 18.0 Å². The normalized spacial score (nSPS) is 13.8. The molecule has 0 aliphatic carbocycles. The molecule has 4 heterocycles. The van der Waals surface area contributed by atoms with Gasteiger partial charge in [-0.3, -0.25) is 4.79 Å². The molecule has 0 radical (unpaired) electrons. The van der Waals surface area contributed by atoms with Gasteiger partial charge >= 0.3 is 6.18 Å². The lowest BCUT2D eigenvalue weighted by Gasteiger charge is -2.32. The Morgan fingerprint density at radius 2 is 1.79 bits per heavy atom. The first-order valence-electron chi connectivity index (χ1n) is 10.4. The van der Waals surface area contributed by atoms with Gasteiger partial charge in [0.15, 0.2) is 11.3 Å². The molecule has 0 bridgehead atoms. The number of amides is 1. The molecule has 1 fully saturated rings. The summed E-state index contributed by atoms with van der Waals surface area (Å²) in [7, 11) is 0. The summed E-state index contributed by atoms with van der Waals surface area (Å²) in [6.07, 6.45) is -3.43. The summed E-state index contributed by atoms with van der Waals surface area (Å²) in [6, 6.07) is 13.6. The molecular formula is C23H19F3N6O. The van der Waals surface area contributed by atoms with Gasteiger partial charge in [-0.05, 0) is 43.7 Å². The van der Waals surface area contributed by atoms with Crippen molar-refractivity contribution in [3.63, 3.8) is 0 Å². The highest BCUT2D eigenvalue weighted by Gasteiger charge is 2.34. The van der Waals surface area contributed by atoms with Crippen LogP contribution >= 0.6 is 0 Å². The van der Waals surface area contributed by atoms with Crippen LogP contribution < -0.4 is 10.2 Å². The molecule has 1 aliphatic rings. The van der Waals surface area contributed by atoms with E-state index in [4.69, 9.17) is 0 Å². The maximum atomic E-state index is 13.5. The first-order chi connectivity index (χ1) is 15.8. The summed E-state index contributed by atoms with van der Waals surface area (Å²) < 4.78 is 41.8. The number of alkyl halides is 3. The summed E-state index contributed by atoms with van der Waals surface area (Å²) in [4.78, 5) is 24.0. The number of carbonyl (C=O) groups excluding carboxylic acids is 1. The number of aryl methyl sites for hydroxylation is 1. The van der Waals surface area contributed by atoms with E-state index in [1.807, 2.05) is 12.1 Å². The number of hydrogen-bond acceptors (Lipinski definition) is 5. The smallest absolute Gasteiger partial charge is 0.356 e. The predicted octanol–water partition coefficient (Wildman–Crippen LogP) is 4.58. The van der Waals surface area contributed by atoms with Crippen molar-refractivity contribution in [2.45, 2.75) is 19.5 Å². The fraction of sp³-hybridized carbons (Fsp3) is 0.217. The topological polar surface area (TPSA) is 75.4 Å². The van der Waals surface area contributed by atoms with Crippen molar-refractivity contribution in [2.75, 3.05) is 23.3 Å². The number of aromatic nitrogens is 4. The Bertz CT molecular complexity index is 1360. The van der Waals surface area contributed by atoms with E-state index < -0.39 is 17.6 Å². The van der Waals surface area contributed by atoms with Gasteiger partial charge in [-0.2, -0.15) is 18.3 Å². The van der Waals surface area contributed by atoms with Crippen LogP contribution in [0.2, 0.25) is 0 Å². The maximum absolute atomic E-state index is 13.5. The highest BCUT2D eigenvalue weighted by molar-refractivity contribution is 6.04. The molecule has 0 saturated carbocycles. The van der Waals surface area contributed by atoms with Crippen molar-refractivity contribution < 1.29 is 18.0 Å². The molecule has 1 amide bonds. The minimum atomic E-state index is -4.54. The Balaban J connectivity index is 1.52. The third-order valence-corrected chi connectivity index (χ3v) is 5.53. The number of nitrogens with one attached hydrogen (secondary N) is 1. The minimum absolute atomic E-state index is 0.0754. The van der Waals surface area contributed by atoms with E-state index in [1.165, 1.54) is 28.8 Å². The number of carbonyl (C=O) groups is 1. The summed E-state index contributed by atoms with van der Waals surface area (Å²) in [6.45, 7) is 3.49. The second-order valence-electron chi connectivity index (χ2n) is 7.75. The number of pyridine rings is 1. The zero-order valence-corrected chi connectivity index (χ0v) is 17.6. The highest BCUT2D eigenvalue weighted by atomic mass is 19.4. The lowest BCUT2D eigenvalue weighted by atomic mass is 10.0. The molecule has 7 nitrogen and oxygen atoms in total. The van der Waals surface area contributed by atoms with Crippen LogP contribution in [0.1, 0.15) is 28.2 Å². The fourth-order valence-electron chi connectivity index (χ4n) is 3.79. The van der Waals surface area contributed by atoms with Crippen LogP contribution in [0.3, 0.4) is 0 Å². The molecule has 1 saturated heterocycles. The summed E-state index contributed by atoms with van der Waals surface area (Å²) >= 11 is 0. The van der Waals surface area contributed by atoms with Gasteiger partial charge in [0.05, 0.1) is 17.0 Å². The van der Waals surface area contributed by atoms with Crippen molar-refractivity contribution in [3.8, 4) is 11.3 Å². The van der Waals surface area contributed by atoms with Crippen LogP contribution in [0.15, 0.2) is 54.6 Å². The molecule has 3 aromatic heterocycles. The Morgan fingerprint density at radius 1 is 1.00 bits per heavy atom. The van der Waals surface area contributed by atoms with E-state index in [1.54, 1.807) is 19.1 Å². The lowest BCUT2D eigenvalue weighted by Crippen LogP contribution is -2.37. The monoisotopic (exact) mass is 452 g/mol. The maximum Gasteiger partial charge on any atom is 0.417 e. The molecule has 4 aromatic rings. The molecular weight excluding hydrogens is 433 g/mol. The molecule has 10 heteroatoms. The van der Waals surface area contributed by atoms with Crippen LogP contribution in [0.5, 0.6) is 0 Å². The zero-order chi connectivity index (χ0) is 23.2. The van der Waals surface area contributed by atoms with Crippen LogP contribution in [0, 0.1) is 6.92 Å². The first-order valence-corrected chi connectivity index (χ1v) is 10.4. The van der Waals surface area contributed by atoms with Gasteiger partial charge in [0, 0.05) is 18.7 Å². The van der Waals surface area contributed by atoms with Crippen molar-refractivity contribution in [1.29, 1.82) is 0 Å². The SMILES string of the molecule is Cc1nc2ccc(-c3ccccc3C(F)(F)F)nn2c1C(=O)Nc1cccc(N2CCC2)n1. The minimum Gasteiger partial charge on any atom is -0.356 e. The van der Waals surface area contributed by atoms with Crippen molar-refractivity contribution in [3.05, 3.63) is 71.5 Å². The lowest BCUT2D eigenvalue weighted by molar-refractivity contribution is -0.137. The second kappa shape index (κ2) is 7.88. The molecule has 0 unspecified atom stereocenters. The van der Waals surface area contributed by atoms with Gasteiger partial charge in [-0.15, -0.1) is 0 Å². The van der Waals surface area contributed by atoms with Gasteiger partial charge in [0.1, 0.15) is 11.6 Å². The second-order valence-corrected chi connectivity index (χ2v) is 7.75. The molecule has 33 heavy (non-hydrogen) atoms. The zero-order valence-electron chi connectivity index (χ0n) is 17.6. The van der Waals surface area contributed by atoms with Gasteiger partial charge in [0.25, 0.3) is 5.91 Å². The number of rotatable bonds is 4. The summed E-state index contributed by atoms with van der Waals surface area (Å²) in [5.74, 6) is 0.650. The van der Waals surface area contributed by atoms with E-state index in [-0.39, 0.29) is 17.0 Å². The molecule has 0 spiro atoms. The number of halogens is 3. The van der Waals surface area contributed by atoms with Crippen molar-refractivity contribution >= 4 is 23.2 Å². The third kappa shape index (κ3) is 3.88.